The first-order valence-corrected chi connectivity index (χ1v) is 8.11. The van der Waals surface area contributed by atoms with Gasteiger partial charge in [-0.05, 0) is 18.6 Å². The molecular formula is C16H19N3OS. The Morgan fingerprint density at radius 1 is 1.29 bits per heavy atom. The number of aryl methyl sites for hydroxylation is 1. The van der Waals surface area contributed by atoms with E-state index in [0.29, 0.717) is 0 Å². The minimum Gasteiger partial charge on any atom is -0.497 e. The highest BCUT2D eigenvalue weighted by Crippen LogP contribution is 2.25. The van der Waals surface area contributed by atoms with Crippen LogP contribution in [0.4, 0.5) is 0 Å². The number of fused-ring (bicyclic) bond motifs is 1. The van der Waals surface area contributed by atoms with Gasteiger partial charge in [-0.25, -0.2) is 9.50 Å². The lowest BCUT2D eigenvalue weighted by molar-refractivity contribution is 0.415. The molecule has 0 N–H and O–H groups in total. The number of ether oxygens (including phenoxy) is 1. The third kappa shape index (κ3) is 3.08. The topological polar surface area (TPSA) is 39.4 Å². The monoisotopic (exact) mass is 301 g/mol. The van der Waals surface area contributed by atoms with Gasteiger partial charge in [0.25, 0.3) is 0 Å². The zero-order valence-corrected chi connectivity index (χ0v) is 13.2. The molecule has 2 aromatic heterocycles. The van der Waals surface area contributed by atoms with Crippen molar-refractivity contribution in [1.82, 2.24) is 14.6 Å². The maximum Gasteiger partial charge on any atom is 0.212 e. The van der Waals surface area contributed by atoms with Gasteiger partial charge in [0, 0.05) is 12.0 Å². The molecule has 2 heterocycles. The number of imidazole rings is 1. The van der Waals surface area contributed by atoms with Crippen LogP contribution in [-0.4, -0.2) is 21.7 Å². The van der Waals surface area contributed by atoms with Gasteiger partial charge in [-0.3, -0.25) is 0 Å². The van der Waals surface area contributed by atoms with Crippen LogP contribution in [0.1, 0.15) is 31.2 Å². The van der Waals surface area contributed by atoms with Crippen molar-refractivity contribution in [1.29, 1.82) is 0 Å². The Balaban J connectivity index is 1.83. The van der Waals surface area contributed by atoms with Crippen LogP contribution in [0.25, 0.3) is 16.2 Å². The van der Waals surface area contributed by atoms with Crippen LogP contribution in [0.2, 0.25) is 0 Å². The molecule has 1 aromatic carbocycles. The minimum absolute atomic E-state index is 0.845. The predicted octanol–water partition coefficient (Wildman–Crippen LogP) is 4.20. The first-order valence-electron chi connectivity index (χ1n) is 7.29. The van der Waals surface area contributed by atoms with Crippen molar-refractivity contribution in [3.8, 4) is 17.0 Å². The second-order valence-electron chi connectivity index (χ2n) is 5.04. The fraction of sp³-hybridized carbons (Fsp3) is 0.375. The Morgan fingerprint density at radius 3 is 2.95 bits per heavy atom. The molecule has 0 amide bonds. The van der Waals surface area contributed by atoms with Crippen LogP contribution in [0.3, 0.4) is 0 Å². The number of rotatable bonds is 6. The highest BCUT2D eigenvalue weighted by molar-refractivity contribution is 7.16. The van der Waals surface area contributed by atoms with E-state index in [-0.39, 0.29) is 0 Å². The Hall–Kier alpha value is -1.88. The van der Waals surface area contributed by atoms with Gasteiger partial charge >= 0.3 is 0 Å². The molecular weight excluding hydrogens is 282 g/mol. The predicted molar refractivity (Wildman–Crippen MR) is 86.1 cm³/mol. The lowest BCUT2D eigenvalue weighted by Gasteiger charge is -2.01. The molecule has 0 spiro atoms. The van der Waals surface area contributed by atoms with Gasteiger partial charge in [0.05, 0.1) is 19.0 Å². The molecule has 0 atom stereocenters. The van der Waals surface area contributed by atoms with E-state index in [0.717, 1.165) is 28.4 Å². The average molecular weight is 301 g/mol. The van der Waals surface area contributed by atoms with Crippen LogP contribution in [0.15, 0.2) is 30.5 Å². The van der Waals surface area contributed by atoms with E-state index in [9.17, 15) is 0 Å². The van der Waals surface area contributed by atoms with Crippen molar-refractivity contribution >= 4 is 16.3 Å². The number of hydrogen-bond donors (Lipinski definition) is 0. The zero-order valence-electron chi connectivity index (χ0n) is 12.4. The molecule has 0 saturated heterocycles. The van der Waals surface area contributed by atoms with Crippen molar-refractivity contribution in [2.45, 2.75) is 32.6 Å². The third-order valence-corrected chi connectivity index (χ3v) is 4.43. The van der Waals surface area contributed by atoms with Crippen LogP contribution in [0.5, 0.6) is 5.75 Å². The summed E-state index contributed by atoms with van der Waals surface area (Å²) in [5, 5.41) is 5.78. The van der Waals surface area contributed by atoms with E-state index >= 15 is 0 Å². The molecule has 0 aliphatic carbocycles. The third-order valence-electron chi connectivity index (χ3n) is 3.44. The van der Waals surface area contributed by atoms with Gasteiger partial charge in [0.2, 0.25) is 4.96 Å². The average Bonchev–Trinajstić information content (AvgIpc) is 3.06. The number of methoxy groups -OCH3 is 1. The second kappa shape index (κ2) is 6.26. The highest BCUT2D eigenvalue weighted by Gasteiger charge is 2.10. The maximum atomic E-state index is 5.26. The molecule has 0 aliphatic heterocycles. The molecule has 3 aromatic rings. The fourth-order valence-corrected chi connectivity index (χ4v) is 3.21. The summed E-state index contributed by atoms with van der Waals surface area (Å²) in [6.45, 7) is 2.22. The molecule has 21 heavy (non-hydrogen) atoms. The van der Waals surface area contributed by atoms with Crippen LogP contribution in [-0.2, 0) is 6.42 Å². The van der Waals surface area contributed by atoms with Gasteiger partial charge in [0.1, 0.15) is 10.8 Å². The molecule has 0 radical (unpaired) electrons. The summed E-state index contributed by atoms with van der Waals surface area (Å²) in [7, 11) is 1.68. The van der Waals surface area contributed by atoms with Crippen molar-refractivity contribution < 1.29 is 4.74 Å². The number of aromatic nitrogens is 3. The largest absolute Gasteiger partial charge is 0.497 e. The summed E-state index contributed by atoms with van der Waals surface area (Å²) in [4.78, 5) is 5.63. The molecule has 5 heteroatoms. The SMILES string of the molecule is CCCCCc1nn2cc(-c3cccc(OC)c3)nc2s1. The smallest absolute Gasteiger partial charge is 0.212 e. The lowest BCUT2D eigenvalue weighted by Crippen LogP contribution is -1.87. The second-order valence-corrected chi connectivity index (χ2v) is 6.08. The van der Waals surface area contributed by atoms with Crippen molar-refractivity contribution in [3.63, 3.8) is 0 Å². The van der Waals surface area contributed by atoms with Gasteiger partial charge < -0.3 is 4.74 Å². The molecule has 4 nitrogen and oxygen atoms in total. The Morgan fingerprint density at radius 2 is 2.19 bits per heavy atom. The van der Waals surface area contributed by atoms with E-state index in [2.05, 4.69) is 17.0 Å². The van der Waals surface area contributed by atoms with Crippen LogP contribution < -0.4 is 4.74 Å². The van der Waals surface area contributed by atoms with E-state index in [4.69, 9.17) is 4.74 Å². The van der Waals surface area contributed by atoms with Crippen molar-refractivity contribution in [3.05, 3.63) is 35.5 Å². The molecule has 3 rings (SSSR count). The summed E-state index contributed by atoms with van der Waals surface area (Å²) >= 11 is 1.68. The number of nitrogens with zero attached hydrogens (tertiary/aromatic N) is 3. The van der Waals surface area contributed by atoms with Gasteiger partial charge in [-0.15, -0.1) is 0 Å². The van der Waals surface area contributed by atoms with E-state index in [1.165, 1.54) is 24.3 Å². The molecule has 0 saturated carbocycles. The summed E-state index contributed by atoms with van der Waals surface area (Å²) in [6, 6.07) is 7.95. The first kappa shape index (κ1) is 14.1. The normalized spacial score (nSPS) is 11.1. The Labute approximate surface area is 128 Å². The number of hydrogen-bond acceptors (Lipinski definition) is 4. The zero-order chi connectivity index (χ0) is 14.7. The Kier molecular flexibility index (Phi) is 4.20. The maximum absolute atomic E-state index is 5.26. The molecule has 110 valence electrons. The first-order chi connectivity index (χ1) is 10.3. The van der Waals surface area contributed by atoms with Gasteiger partial charge in [-0.1, -0.05) is 43.2 Å². The quantitative estimate of drug-likeness (QED) is 0.641. The Bertz CT molecular complexity index is 701. The van der Waals surface area contributed by atoms with Crippen LogP contribution >= 0.6 is 11.3 Å². The van der Waals surface area contributed by atoms with Crippen molar-refractivity contribution in [2.24, 2.45) is 0 Å². The molecule has 0 aliphatic rings. The molecule has 0 unspecified atom stereocenters. The highest BCUT2D eigenvalue weighted by atomic mass is 32.1. The van der Waals surface area contributed by atoms with E-state index < -0.39 is 0 Å². The number of benzene rings is 1. The van der Waals surface area contributed by atoms with E-state index in [1.807, 2.05) is 35.0 Å². The van der Waals surface area contributed by atoms with Gasteiger partial charge in [-0.2, -0.15) is 5.10 Å². The standard InChI is InChI=1S/C16H19N3OS/c1-3-4-5-9-15-18-19-11-14(17-16(19)21-15)12-7-6-8-13(10-12)20-2/h6-8,10-11H,3-5,9H2,1-2H3. The summed E-state index contributed by atoms with van der Waals surface area (Å²) in [5.41, 5.74) is 1.99. The molecule has 0 bridgehead atoms. The fourth-order valence-electron chi connectivity index (χ4n) is 2.29. The summed E-state index contributed by atoms with van der Waals surface area (Å²) in [6.07, 6.45) is 6.75. The van der Waals surface area contributed by atoms with Crippen molar-refractivity contribution in [2.75, 3.05) is 7.11 Å². The van der Waals surface area contributed by atoms with Gasteiger partial charge in [0.15, 0.2) is 0 Å². The summed E-state index contributed by atoms with van der Waals surface area (Å²) < 4.78 is 7.15. The minimum atomic E-state index is 0.845. The van der Waals surface area contributed by atoms with Crippen LogP contribution in [0, 0.1) is 0 Å². The number of unbranched alkanes of at least 4 members (excludes halogenated alkanes) is 2. The molecule has 0 fully saturated rings. The van der Waals surface area contributed by atoms with E-state index in [1.54, 1.807) is 18.4 Å². The lowest BCUT2D eigenvalue weighted by atomic mass is 10.1. The summed E-state index contributed by atoms with van der Waals surface area (Å²) in [5.74, 6) is 0.845.